The highest BCUT2D eigenvalue weighted by Gasteiger charge is 2.11. The number of nitrogens with one attached hydrogen (secondary N) is 1. The SMILES string of the molecule is CNc1cc(N)c(C(C)=NCC(N)=O)c(F)c1. The molecular weight excluding hydrogens is 223 g/mol. The molecular formula is C11H15FN4O. The molecule has 5 nitrogen and oxygen atoms in total. The predicted molar refractivity (Wildman–Crippen MR) is 66.6 cm³/mol. The number of carbonyl (C=O) groups excluding carboxylic acids is 1. The van der Waals surface area contributed by atoms with Crippen LogP contribution in [0.4, 0.5) is 15.8 Å². The molecule has 0 saturated heterocycles. The molecule has 1 rings (SSSR count). The lowest BCUT2D eigenvalue weighted by Gasteiger charge is -2.09. The molecule has 92 valence electrons. The molecule has 0 fully saturated rings. The van der Waals surface area contributed by atoms with Crippen LogP contribution in [-0.4, -0.2) is 25.2 Å². The van der Waals surface area contributed by atoms with Gasteiger partial charge in [-0.2, -0.15) is 0 Å². The number of carbonyl (C=O) groups is 1. The molecule has 17 heavy (non-hydrogen) atoms. The summed E-state index contributed by atoms with van der Waals surface area (Å²) in [6.07, 6.45) is 0. The van der Waals surface area contributed by atoms with Gasteiger partial charge < -0.3 is 16.8 Å². The monoisotopic (exact) mass is 238 g/mol. The van der Waals surface area contributed by atoms with Gasteiger partial charge in [0, 0.05) is 24.1 Å². The van der Waals surface area contributed by atoms with Gasteiger partial charge in [-0.25, -0.2) is 4.39 Å². The average Bonchev–Trinajstić information content (AvgIpc) is 2.25. The van der Waals surface area contributed by atoms with E-state index in [1.54, 1.807) is 20.0 Å². The van der Waals surface area contributed by atoms with E-state index in [1.807, 2.05) is 0 Å². The molecule has 0 atom stereocenters. The van der Waals surface area contributed by atoms with Gasteiger partial charge in [0.1, 0.15) is 12.4 Å². The van der Waals surface area contributed by atoms with Crippen molar-refractivity contribution in [2.24, 2.45) is 10.7 Å². The molecule has 0 aliphatic rings. The topological polar surface area (TPSA) is 93.5 Å². The van der Waals surface area contributed by atoms with Crippen LogP contribution in [0.25, 0.3) is 0 Å². The zero-order valence-electron chi connectivity index (χ0n) is 9.75. The Kier molecular flexibility index (Phi) is 4.03. The summed E-state index contributed by atoms with van der Waals surface area (Å²) in [6.45, 7) is 1.40. The van der Waals surface area contributed by atoms with E-state index in [-0.39, 0.29) is 17.8 Å². The molecule has 0 saturated carbocycles. The minimum Gasteiger partial charge on any atom is -0.398 e. The van der Waals surface area contributed by atoms with Crippen LogP contribution in [0.5, 0.6) is 0 Å². The summed E-state index contributed by atoms with van der Waals surface area (Å²) in [7, 11) is 1.67. The van der Waals surface area contributed by atoms with Gasteiger partial charge in [-0.05, 0) is 19.1 Å². The van der Waals surface area contributed by atoms with Crippen molar-refractivity contribution in [3.05, 3.63) is 23.5 Å². The van der Waals surface area contributed by atoms with Crippen LogP contribution in [0.15, 0.2) is 17.1 Å². The number of nitrogens with two attached hydrogens (primary N) is 2. The second-order valence-corrected chi connectivity index (χ2v) is 3.54. The number of anilines is 2. The summed E-state index contributed by atoms with van der Waals surface area (Å²) < 4.78 is 13.8. The van der Waals surface area contributed by atoms with E-state index in [9.17, 15) is 9.18 Å². The number of nitrogens with zero attached hydrogens (tertiary/aromatic N) is 1. The number of benzene rings is 1. The fourth-order valence-electron chi connectivity index (χ4n) is 1.43. The van der Waals surface area contributed by atoms with Crippen molar-refractivity contribution >= 4 is 23.0 Å². The van der Waals surface area contributed by atoms with E-state index < -0.39 is 11.7 Å². The number of amides is 1. The smallest absolute Gasteiger partial charge is 0.239 e. The van der Waals surface area contributed by atoms with E-state index in [0.29, 0.717) is 11.4 Å². The Balaban J connectivity index is 3.14. The molecule has 1 aromatic rings. The van der Waals surface area contributed by atoms with Crippen LogP contribution < -0.4 is 16.8 Å². The van der Waals surface area contributed by atoms with Gasteiger partial charge in [0.2, 0.25) is 5.91 Å². The molecule has 0 spiro atoms. The minimum atomic E-state index is -0.574. The number of hydrogen-bond donors (Lipinski definition) is 3. The Labute approximate surface area is 98.7 Å². The first-order valence-corrected chi connectivity index (χ1v) is 5.02. The molecule has 0 radical (unpaired) electrons. The van der Waals surface area contributed by atoms with Gasteiger partial charge in [-0.15, -0.1) is 0 Å². The van der Waals surface area contributed by atoms with Gasteiger partial charge in [0.15, 0.2) is 0 Å². The fourth-order valence-corrected chi connectivity index (χ4v) is 1.43. The van der Waals surface area contributed by atoms with Gasteiger partial charge in [0.25, 0.3) is 0 Å². The lowest BCUT2D eigenvalue weighted by molar-refractivity contribution is -0.116. The first-order chi connectivity index (χ1) is 7.95. The maximum absolute atomic E-state index is 13.8. The van der Waals surface area contributed by atoms with Gasteiger partial charge >= 0.3 is 0 Å². The maximum atomic E-state index is 13.8. The van der Waals surface area contributed by atoms with E-state index in [4.69, 9.17) is 11.5 Å². The number of rotatable bonds is 4. The number of hydrogen-bond acceptors (Lipinski definition) is 4. The van der Waals surface area contributed by atoms with E-state index in [2.05, 4.69) is 10.3 Å². The fraction of sp³-hybridized carbons (Fsp3) is 0.273. The molecule has 0 heterocycles. The van der Waals surface area contributed by atoms with Crippen molar-refractivity contribution in [2.75, 3.05) is 24.6 Å². The molecule has 0 unspecified atom stereocenters. The van der Waals surface area contributed by atoms with E-state index >= 15 is 0 Å². The lowest BCUT2D eigenvalue weighted by Crippen LogP contribution is -2.16. The quantitative estimate of drug-likeness (QED) is 0.533. The van der Waals surface area contributed by atoms with Gasteiger partial charge in [-0.1, -0.05) is 0 Å². The van der Waals surface area contributed by atoms with E-state index in [1.165, 1.54) is 6.07 Å². The molecule has 1 amide bonds. The highest BCUT2D eigenvalue weighted by molar-refractivity contribution is 6.04. The lowest BCUT2D eigenvalue weighted by atomic mass is 10.1. The normalized spacial score (nSPS) is 11.4. The Morgan fingerprint density at radius 1 is 1.53 bits per heavy atom. The summed E-state index contributed by atoms with van der Waals surface area (Å²) in [6, 6.07) is 2.91. The van der Waals surface area contributed by atoms with E-state index in [0.717, 1.165) is 0 Å². The third-order valence-corrected chi connectivity index (χ3v) is 2.24. The van der Waals surface area contributed by atoms with Crippen molar-refractivity contribution in [2.45, 2.75) is 6.92 Å². The predicted octanol–water partition coefficient (Wildman–Crippen LogP) is 0.744. The van der Waals surface area contributed by atoms with Crippen molar-refractivity contribution in [1.82, 2.24) is 0 Å². The van der Waals surface area contributed by atoms with Crippen LogP contribution in [0.2, 0.25) is 0 Å². The molecule has 5 N–H and O–H groups in total. The largest absolute Gasteiger partial charge is 0.398 e. The van der Waals surface area contributed by atoms with Gasteiger partial charge in [0.05, 0.1) is 5.56 Å². The molecule has 0 aliphatic heterocycles. The van der Waals surface area contributed by atoms with Crippen LogP contribution in [0.1, 0.15) is 12.5 Å². The summed E-state index contributed by atoms with van der Waals surface area (Å²) in [5, 5.41) is 2.79. The number of nitrogen functional groups attached to an aromatic ring is 1. The molecule has 0 bridgehead atoms. The number of aliphatic imine (C=N–C) groups is 1. The number of halogens is 1. The Bertz CT molecular complexity index is 448. The van der Waals surface area contributed by atoms with Crippen molar-refractivity contribution < 1.29 is 9.18 Å². The second-order valence-electron chi connectivity index (χ2n) is 3.54. The van der Waals surface area contributed by atoms with Crippen LogP contribution in [0, 0.1) is 5.82 Å². The van der Waals surface area contributed by atoms with Crippen molar-refractivity contribution in [1.29, 1.82) is 0 Å². The van der Waals surface area contributed by atoms with Crippen molar-refractivity contribution in [3.8, 4) is 0 Å². The zero-order chi connectivity index (χ0) is 13.0. The van der Waals surface area contributed by atoms with Crippen molar-refractivity contribution in [3.63, 3.8) is 0 Å². The third-order valence-electron chi connectivity index (χ3n) is 2.24. The van der Waals surface area contributed by atoms with Crippen LogP contribution >= 0.6 is 0 Å². The van der Waals surface area contributed by atoms with Crippen LogP contribution in [0.3, 0.4) is 0 Å². The molecule has 0 aliphatic carbocycles. The zero-order valence-corrected chi connectivity index (χ0v) is 9.75. The highest BCUT2D eigenvalue weighted by Crippen LogP contribution is 2.22. The third kappa shape index (κ3) is 3.17. The Morgan fingerprint density at radius 2 is 2.18 bits per heavy atom. The standard InChI is InChI=1S/C11H15FN4O/c1-6(16-5-10(14)17)11-8(12)3-7(15-2)4-9(11)13/h3-4,15H,5,13H2,1-2H3,(H2,14,17). The second kappa shape index (κ2) is 5.29. The number of primary amides is 1. The summed E-state index contributed by atoms with van der Waals surface area (Å²) >= 11 is 0. The summed E-state index contributed by atoms with van der Waals surface area (Å²) in [5.74, 6) is -1.06. The average molecular weight is 238 g/mol. The minimum absolute atomic E-state index is 0.182. The highest BCUT2D eigenvalue weighted by atomic mass is 19.1. The van der Waals surface area contributed by atoms with Crippen LogP contribution in [-0.2, 0) is 4.79 Å². The summed E-state index contributed by atoms with van der Waals surface area (Å²) in [5.41, 5.74) is 12.1. The summed E-state index contributed by atoms with van der Waals surface area (Å²) in [4.78, 5) is 14.5. The first kappa shape index (κ1) is 13.0. The Hall–Kier alpha value is -2.11. The molecule has 0 aromatic heterocycles. The molecule has 6 heteroatoms. The maximum Gasteiger partial charge on any atom is 0.239 e. The van der Waals surface area contributed by atoms with Gasteiger partial charge in [-0.3, -0.25) is 9.79 Å². The Morgan fingerprint density at radius 3 is 2.65 bits per heavy atom. The first-order valence-electron chi connectivity index (χ1n) is 5.02. The molecule has 1 aromatic carbocycles.